The lowest BCUT2D eigenvalue weighted by Gasteiger charge is -2.43. The maximum atomic E-state index is 2.43. The minimum Gasteiger partial charge on any atom is -0.155 e. The number of hydrogen-bond donors (Lipinski definition) is 0. The molecule has 0 bridgehead atoms. The van der Waals surface area contributed by atoms with Gasteiger partial charge in [0.25, 0.3) is 0 Å². The van der Waals surface area contributed by atoms with Crippen LogP contribution in [0, 0.1) is 11.3 Å². The molecule has 0 nitrogen and oxygen atoms in total. The Bertz CT molecular complexity index is 170. The van der Waals surface area contributed by atoms with Gasteiger partial charge < -0.3 is 0 Å². The molecule has 2 rings (SSSR count). The van der Waals surface area contributed by atoms with E-state index in [4.69, 9.17) is 0 Å². The molecule has 0 N–H and O–H groups in total. The predicted octanol–water partition coefficient (Wildman–Crippen LogP) is 4.10. The fourth-order valence-electron chi connectivity index (χ4n) is 2.71. The summed E-state index contributed by atoms with van der Waals surface area (Å²) in [5, 5.41) is 1.99. The third-order valence-electron chi connectivity index (χ3n) is 3.88. The average molecular weight is 198 g/mol. The van der Waals surface area contributed by atoms with Crippen molar-refractivity contribution < 1.29 is 0 Å². The van der Waals surface area contributed by atoms with E-state index in [-0.39, 0.29) is 0 Å². The molecule has 0 amide bonds. The highest BCUT2D eigenvalue weighted by atomic mass is 32.2. The minimum absolute atomic E-state index is 0.649. The van der Waals surface area contributed by atoms with Crippen molar-refractivity contribution in [2.45, 2.75) is 63.4 Å². The molecule has 2 aliphatic rings. The zero-order valence-electron chi connectivity index (χ0n) is 9.18. The molecule has 2 fully saturated rings. The smallest absolute Gasteiger partial charge is 0.00884 e. The van der Waals surface area contributed by atoms with Gasteiger partial charge in [0, 0.05) is 10.5 Å². The Kier molecular flexibility index (Phi) is 2.65. The van der Waals surface area contributed by atoms with Crippen molar-refractivity contribution in [3.8, 4) is 0 Å². The van der Waals surface area contributed by atoms with Crippen LogP contribution in [0.5, 0.6) is 0 Å². The van der Waals surface area contributed by atoms with E-state index in [2.05, 4.69) is 32.5 Å². The van der Waals surface area contributed by atoms with Gasteiger partial charge in [0.2, 0.25) is 0 Å². The zero-order chi connectivity index (χ0) is 9.47. The van der Waals surface area contributed by atoms with Crippen molar-refractivity contribution in [3.05, 3.63) is 0 Å². The Balaban J connectivity index is 1.79. The van der Waals surface area contributed by atoms with Crippen LogP contribution in [0.3, 0.4) is 0 Å². The van der Waals surface area contributed by atoms with E-state index in [0.29, 0.717) is 5.41 Å². The second-order valence-electron chi connectivity index (χ2n) is 5.72. The summed E-state index contributed by atoms with van der Waals surface area (Å²) in [6, 6.07) is 0. The lowest BCUT2D eigenvalue weighted by atomic mass is 9.71. The van der Waals surface area contributed by atoms with Gasteiger partial charge in [-0.1, -0.05) is 20.8 Å². The van der Waals surface area contributed by atoms with Gasteiger partial charge in [-0.25, -0.2) is 0 Å². The van der Waals surface area contributed by atoms with Crippen molar-refractivity contribution in [1.82, 2.24) is 0 Å². The SMILES string of the molecule is CC1CC(C2CCC(C)(C)CC2)S1. The Morgan fingerprint density at radius 2 is 1.69 bits per heavy atom. The van der Waals surface area contributed by atoms with Crippen molar-refractivity contribution in [1.29, 1.82) is 0 Å². The molecule has 1 aliphatic carbocycles. The third kappa shape index (κ3) is 2.23. The van der Waals surface area contributed by atoms with E-state index < -0.39 is 0 Å². The van der Waals surface area contributed by atoms with Crippen LogP contribution >= 0.6 is 11.8 Å². The highest BCUT2D eigenvalue weighted by molar-refractivity contribution is 8.01. The fraction of sp³-hybridized carbons (Fsp3) is 1.00. The van der Waals surface area contributed by atoms with Gasteiger partial charge in [0.1, 0.15) is 0 Å². The molecule has 0 radical (unpaired) electrons. The summed E-state index contributed by atoms with van der Waals surface area (Å²) >= 11 is 2.24. The third-order valence-corrected chi connectivity index (χ3v) is 5.46. The number of rotatable bonds is 1. The molecule has 1 heterocycles. The highest BCUT2D eigenvalue weighted by Crippen LogP contribution is 2.48. The van der Waals surface area contributed by atoms with Crippen LogP contribution in [0.15, 0.2) is 0 Å². The average Bonchev–Trinajstić information content (AvgIpc) is 2.00. The normalized spacial score (nSPS) is 39.9. The quantitative estimate of drug-likeness (QED) is 0.611. The summed E-state index contributed by atoms with van der Waals surface area (Å²) in [6.45, 7) is 7.23. The van der Waals surface area contributed by atoms with E-state index >= 15 is 0 Å². The minimum atomic E-state index is 0.649. The molecule has 2 unspecified atom stereocenters. The maximum Gasteiger partial charge on any atom is 0.00884 e. The van der Waals surface area contributed by atoms with Crippen molar-refractivity contribution >= 4 is 11.8 Å². The van der Waals surface area contributed by atoms with Gasteiger partial charge in [0.05, 0.1) is 0 Å². The van der Waals surface area contributed by atoms with Crippen LogP contribution in [0.4, 0.5) is 0 Å². The summed E-state index contributed by atoms with van der Waals surface area (Å²) in [6.07, 6.45) is 7.41. The lowest BCUT2D eigenvalue weighted by molar-refractivity contribution is 0.184. The lowest BCUT2D eigenvalue weighted by Crippen LogP contribution is -2.35. The largest absolute Gasteiger partial charge is 0.155 e. The van der Waals surface area contributed by atoms with Crippen LogP contribution in [0.1, 0.15) is 52.9 Å². The molecule has 1 heteroatoms. The topological polar surface area (TPSA) is 0 Å². The molecular weight excluding hydrogens is 176 g/mol. The Morgan fingerprint density at radius 1 is 1.15 bits per heavy atom. The Morgan fingerprint density at radius 3 is 2.15 bits per heavy atom. The van der Waals surface area contributed by atoms with Crippen LogP contribution in [-0.2, 0) is 0 Å². The van der Waals surface area contributed by atoms with Crippen LogP contribution in [-0.4, -0.2) is 10.5 Å². The Labute approximate surface area is 86.9 Å². The summed E-state index contributed by atoms with van der Waals surface area (Å²) in [5.74, 6) is 1.06. The second-order valence-corrected chi connectivity index (χ2v) is 7.40. The van der Waals surface area contributed by atoms with Gasteiger partial charge in [-0.15, -0.1) is 0 Å². The zero-order valence-corrected chi connectivity index (χ0v) is 9.99. The van der Waals surface area contributed by atoms with E-state index in [0.717, 1.165) is 16.4 Å². The first-order chi connectivity index (χ1) is 6.07. The summed E-state index contributed by atoms with van der Waals surface area (Å²) in [7, 11) is 0. The van der Waals surface area contributed by atoms with Crippen LogP contribution in [0.2, 0.25) is 0 Å². The first kappa shape index (κ1) is 9.89. The molecule has 1 aliphatic heterocycles. The standard InChI is InChI=1S/C12H22S/c1-9-8-11(13-9)10-4-6-12(2,3)7-5-10/h9-11H,4-8H2,1-3H3. The number of hydrogen-bond acceptors (Lipinski definition) is 1. The van der Waals surface area contributed by atoms with Gasteiger partial charge >= 0.3 is 0 Å². The van der Waals surface area contributed by atoms with Crippen molar-refractivity contribution in [2.75, 3.05) is 0 Å². The van der Waals surface area contributed by atoms with Gasteiger partial charge in [0.15, 0.2) is 0 Å². The highest BCUT2D eigenvalue weighted by Gasteiger charge is 2.37. The molecular formula is C12H22S. The molecule has 0 spiro atoms. The molecule has 1 saturated heterocycles. The molecule has 1 saturated carbocycles. The Hall–Kier alpha value is 0.350. The summed E-state index contributed by atoms with van der Waals surface area (Å²) in [4.78, 5) is 0. The fourth-order valence-corrected chi connectivity index (χ4v) is 4.16. The van der Waals surface area contributed by atoms with Gasteiger partial charge in [-0.3, -0.25) is 0 Å². The van der Waals surface area contributed by atoms with E-state index in [1.807, 2.05) is 0 Å². The van der Waals surface area contributed by atoms with E-state index in [1.54, 1.807) is 0 Å². The first-order valence-electron chi connectivity index (χ1n) is 5.72. The molecule has 76 valence electrons. The van der Waals surface area contributed by atoms with E-state index in [9.17, 15) is 0 Å². The molecule has 13 heavy (non-hydrogen) atoms. The van der Waals surface area contributed by atoms with Gasteiger partial charge in [-0.05, 0) is 43.4 Å². The maximum absolute atomic E-state index is 2.43. The van der Waals surface area contributed by atoms with Crippen LogP contribution in [0.25, 0.3) is 0 Å². The number of thioether (sulfide) groups is 1. The second kappa shape index (κ2) is 3.49. The molecule has 0 aromatic rings. The molecule has 0 aromatic heterocycles. The monoisotopic (exact) mass is 198 g/mol. The van der Waals surface area contributed by atoms with E-state index in [1.165, 1.54) is 32.1 Å². The molecule has 2 atom stereocenters. The van der Waals surface area contributed by atoms with Crippen molar-refractivity contribution in [2.24, 2.45) is 11.3 Å². The first-order valence-corrected chi connectivity index (χ1v) is 6.66. The predicted molar refractivity (Wildman–Crippen MR) is 61.2 cm³/mol. The molecule has 0 aromatic carbocycles. The summed E-state index contributed by atoms with van der Waals surface area (Å²) in [5.41, 5.74) is 0.649. The summed E-state index contributed by atoms with van der Waals surface area (Å²) < 4.78 is 0. The van der Waals surface area contributed by atoms with Crippen molar-refractivity contribution in [3.63, 3.8) is 0 Å². The van der Waals surface area contributed by atoms with Crippen LogP contribution < -0.4 is 0 Å². The van der Waals surface area contributed by atoms with Gasteiger partial charge in [-0.2, -0.15) is 11.8 Å².